The van der Waals surface area contributed by atoms with E-state index in [-0.39, 0.29) is 10.8 Å². The Balaban J connectivity index is 1.52. The first-order chi connectivity index (χ1) is 15.5. The highest BCUT2D eigenvalue weighted by atomic mass is 32.2. The van der Waals surface area contributed by atoms with Crippen molar-refractivity contribution in [2.24, 2.45) is 5.14 Å². The van der Waals surface area contributed by atoms with Gasteiger partial charge in [0.2, 0.25) is 10.0 Å². The molecule has 1 fully saturated rings. The molecule has 1 saturated heterocycles. The van der Waals surface area contributed by atoms with Crippen LogP contribution in [0.2, 0.25) is 0 Å². The number of fused-ring (bicyclic) bond motifs is 1. The van der Waals surface area contributed by atoms with Crippen LogP contribution in [0.15, 0.2) is 35.4 Å². The van der Waals surface area contributed by atoms with Gasteiger partial charge in [0.15, 0.2) is 0 Å². The zero-order valence-corrected chi connectivity index (χ0v) is 18.8. The molecule has 33 heavy (non-hydrogen) atoms. The summed E-state index contributed by atoms with van der Waals surface area (Å²) in [5.74, 6) is 0.137. The maximum Gasteiger partial charge on any atom is 0.417 e. The Hall–Kier alpha value is -2.66. The zero-order valence-electron chi connectivity index (χ0n) is 17.9. The van der Waals surface area contributed by atoms with E-state index in [0.29, 0.717) is 62.4 Å². The molecule has 2 N–H and O–H groups in total. The standard InChI is InChI=1S/C22H25F3N4O3S/c23-22(24,25)17-6-7-20(27-14-17)28-8-3-9-29(11-10-28)21(30)16-12-15-4-1-2-5-18(15)19(13-16)33(26,31)32/h6-7,12-14H,1-5,8-11H2,(H2,26,31,32). The lowest BCUT2D eigenvalue weighted by Gasteiger charge is -2.24. The molecule has 1 aromatic carbocycles. The van der Waals surface area contributed by atoms with Gasteiger partial charge in [0.1, 0.15) is 5.82 Å². The minimum Gasteiger partial charge on any atom is -0.355 e. The van der Waals surface area contributed by atoms with Crippen LogP contribution in [0.1, 0.15) is 46.3 Å². The molecule has 0 spiro atoms. The van der Waals surface area contributed by atoms with E-state index in [9.17, 15) is 26.4 Å². The third kappa shape index (κ3) is 5.14. The number of rotatable bonds is 3. The van der Waals surface area contributed by atoms with Crippen LogP contribution >= 0.6 is 0 Å². The van der Waals surface area contributed by atoms with Crippen molar-refractivity contribution in [3.63, 3.8) is 0 Å². The molecule has 4 rings (SSSR count). The van der Waals surface area contributed by atoms with Crippen molar-refractivity contribution in [2.75, 3.05) is 31.1 Å². The van der Waals surface area contributed by atoms with Crippen LogP contribution < -0.4 is 10.0 Å². The molecule has 178 valence electrons. The van der Waals surface area contributed by atoms with Crippen LogP contribution in [0.3, 0.4) is 0 Å². The van der Waals surface area contributed by atoms with Crippen molar-refractivity contribution in [1.29, 1.82) is 0 Å². The van der Waals surface area contributed by atoms with Crippen molar-refractivity contribution in [1.82, 2.24) is 9.88 Å². The molecular weight excluding hydrogens is 457 g/mol. The molecule has 0 saturated carbocycles. The highest BCUT2D eigenvalue weighted by Crippen LogP contribution is 2.31. The van der Waals surface area contributed by atoms with Gasteiger partial charge in [0.25, 0.3) is 5.91 Å². The second-order valence-electron chi connectivity index (χ2n) is 8.40. The van der Waals surface area contributed by atoms with E-state index in [1.165, 1.54) is 12.1 Å². The van der Waals surface area contributed by atoms with Crippen LogP contribution in [-0.4, -0.2) is 50.4 Å². The Labute approximate surface area is 190 Å². The van der Waals surface area contributed by atoms with Gasteiger partial charge in [-0.25, -0.2) is 18.5 Å². The van der Waals surface area contributed by atoms with E-state index in [2.05, 4.69) is 4.98 Å². The number of nitrogens with two attached hydrogens (primary N) is 1. The van der Waals surface area contributed by atoms with Gasteiger partial charge in [-0.15, -0.1) is 0 Å². The maximum atomic E-state index is 13.2. The van der Waals surface area contributed by atoms with Gasteiger partial charge in [0, 0.05) is 37.9 Å². The first kappa shape index (κ1) is 23.5. The van der Waals surface area contributed by atoms with Gasteiger partial charge >= 0.3 is 6.18 Å². The van der Waals surface area contributed by atoms with Crippen LogP contribution in [0.5, 0.6) is 0 Å². The molecule has 11 heteroatoms. The lowest BCUT2D eigenvalue weighted by atomic mass is 9.90. The van der Waals surface area contributed by atoms with Gasteiger partial charge < -0.3 is 9.80 Å². The van der Waals surface area contributed by atoms with E-state index in [1.54, 1.807) is 11.0 Å². The SMILES string of the molecule is NS(=O)(=O)c1cc(C(=O)N2CCCN(c3ccc(C(F)(F)F)cn3)CC2)cc2c1CCCC2. The van der Waals surface area contributed by atoms with Crippen LogP contribution in [0.4, 0.5) is 19.0 Å². The first-order valence-corrected chi connectivity index (χ1v) is 12.3. The molecule has 1 aromatic heterocycles. The summed E-state index contributed by atoms with van der Waals surface area (Å²) in [5, 5.41) is 5.44. The minimum atomic E-state index is -4.45. The van der Waals surface area contributed by atoms with Gasteiger partial charge in [-0.2, -0.15) is 13.2 Å². The monoisotopic (exact) mass is 482 g/mol. The van der Waals surface area contributed by atoms with Crippen LogP contribution in [0.25, 0.3) is 0 Å². The predicted molar refractivity (Wildman–Crippen MR) is 116 cm³/mol. The number of hydrogen-bond acceptors (Lipinski definition) is 5. The van der Waals surface area contributed by atoms with E-state index in [4.69, 9.17) is 5.14 Å². The number of pyridine rings is 1. The summed E-state index contributed by atoms with van der Waals surface area (Å²) < 4.78 is 62.7. The van der Waals surface area contributed by atoms with Gasteiger partial charge in [-0.1, -0.05) is 0 Å². The Kier molecular flexibility index (Phi) is 6.37. The van der Waals surface area contributed by atoms with Crippen LogP contribution in [0, 0.1) is 0 Å². The molecule has 0 bridgehead atoms. The molecule has 1 aliphatic carbocycles. The number of carbonyl (C=O) groups is 1. The fourth-order valence-electron chi connectivity index (χ4n) is 4.48. The number of hydrogen-bond donors (Lipinski definition) is 1. The average Bonchev–Trinajstić information content (AvgIpc) is 3.03. The first-order valence-electron chi connectivity index (χ1n) is 10.8. The van der Waals surface area contributed by atoms with Crippen molar-refractivity contribution >= 4 is 21.7 Å². The number of alkyl halides is 3. The molecule has 0 atom stereocenters. The minimum absolute atomic E-state index is 0.0217. The lowest BCUT2D eigenvalue weighted by molar-refractivity contribution is -0.137. The van der Waals surface area contributed by atoms with E-state index in [1.807, 2.05) is 4.90 Å². The van der Waals surface area contributed by atoms with Gasteiger partial charge in [0.05, 0.1) is 10.5 Å². The molecular formula is C22H25F3N4O3S. The smallest absolute Gasteiger partial charge is 0.355 e. The third-order valence-corrected chi connectivity index (χ3v) is 7.14. The van der Waals surface area contributed by atoms with E-state index in [0.717, 1.165) is 30.7 Å². The van der Waals surface area contributed by atoms with Crippen molar-refractivity contribution in [2.45, 2.75) is 43.2 Å². The number of benzene rings is 1. The number of sulfonamides is 1. The van der Waals surface area contributed by atoms with Crippen molar-refractivity contribution < 1.29 is 26.4 Å². The van der Waals surface area contributed by atoms with Crippen LogP contribution in [-0.2, 0) is 29.0 Å². The molecule has 0 unspecified atom stereocenters. The largest absolute Gasteiger partial charge is 0.417 e. The Morgan fingerprint density at radius 1 is 1.00 bits per heavy atom. The summed E-state index contributed by atoms with van der Waals surface area (Å²) in [6.07, 6.45) is 0.0850. The number of nitrogens with zero attached hydrogens (tertiary/aromatic N) is 3. The zero-order chi connectivity index (χ0) is 23.8. The number of primary sulfonamides is 1. The molecule has 1 amide bonds. The van der Waals surface area contributed by atoms with E-state index < -0.39 is 21.8 Å². The maximum absolute atomic E-state index is 13.2. The molecule has 7 nitrogen and oxygen atoms in total. The lowest BCUT2D eigenvalue weighted by Crippen LogP contribution is -2.35. The molecule has 1 aliphatic heterocycles. The summed E-state index contributed by atoms with van der Waals surface area (Å²) in [6.45, 7) is 1.72. The Morgan fingerprint density at radius 2 is 1.76 bits per heavy atom. The summed E-state index contributed by atoms with van der Waals surface area (Å²) in [5.41, 5.74) is 1.04. The Morgan fingerprint density at radius 3 is 2.42 bits per heavy atom. The fourth-order valence-corrected chi connectivity index (χ4v) is 5.35. The number of halogens is 3. The number of aryl methyl sites for hydroxylation is 1. The third-order valence-electron chi connectivity index (χ3n) is 6.16. The normalized spacial score (nSPS) is 17.5. The van der Waals surface area contributed by atoms with Crippen molar-refractivity contribution in [3.05, 3.63) is 52.7 Å². The van der Waals surface area contributed by atoms with E-state index >= 15 is 0 Å². The fraction of sp³-hybridized carbons (Fsp3) is 0.455. The van der Waals surface area contributed by atoms with Gasteiger partial charge in [-0.05, 0) is 67.5 Å². The van der Waals surface area contributed by atoms with Gasteiger partial charge in [-0.3, -0.25) is 4.79 Å². The molecule has 2 aliphatic rings. The predicted octanol–water partition coefficient (Wildman–Crippen LogP) is 2.98. The summed E-state index contributed by atoms with van der Waals surface area (Å²) >= 11 is 0. The number of carbonyl (C=O) groups excluding carboxylic acids is 1. The average molecular weight is 483 g/mol. The second kappa shape index (κ2) is 8.94. The summed E-state index contributed by atoms with van der Waals surface area (Å²) in [6, 6.07) is 5.48. The quantitative estimate of drug-likeness (QED) is 0.726. The highest BCUT2D eigenvalue weighted by Gasteiger charge is 2.31. The number of aromatic nitrogens is 1. The number of amides is 1. The molecule has 2 heterocycles. The topological polar surface area (TPSA) is 96.6 Å². The molecule has 0 radical (unpaired) electrons. The Bertz CT molecular complexity index is 1150. The van der Waals surface area contributed by atoms with Crippen molar-refractivity contribution in [3.8, 4) is 0 Å². The second-order valence-corrected chi connectivity index (χ2v) is 9.93. The summed E-state index contributed by atoms with van der Waals surface area (Å²) in [4.78, 5) is 20.7. The highest BCUT2D eigenvalue weighted by molar-refractivity contribution is 7.89. The molecule has 2 aromatic rings. The number of anilines is 1. The summed E-state index contributed by atoms with van der Waals surface area (Å²) in [7, 11) is -3.96.